The van der Waals surface area contributed by atoms with E-state index in [1.165, 1.54) is 27.6 Å². The molecular formula is C62H48N4OPt-2. The Morgan fingerprint density at radius 3 is 2.00 bits per heavy atom. The average molecular weight is 1070 g/mol. The molecule has 334 valence electrons. The van der Waals surface area contributed by atoms with Gasteiger partial charge in [-0.05, 0) is 104 Å². The van der Waals surface area contributed by atoms with Crippen molar-refractivity contribution in [3.63, 3.8) is 0 Å². The van der Waals surface area contributed by atoms with Crippen molar-refractivity contribution in [2.45, 2.75) is 51.9 Å². The van der Waals surface area contributed by atoms with Crippen molar-refractivity contribution in [1.82, 2.24) is 14.1 Å². The van der Waals surface area contributed by atoms with Crippen LogP contribution in [0.3, 0.4) is 0 Å². The summed E-state index contributed by atoms with van der Waals surface area (Å²) in [7, 11) is 0. The van der Waals surface area contributed by atoms with E-state index in [0.29, 0.717) is 28.2 Å². The summed E-state index contributed by atoms with van der Waals surface area (Å²) in [6, 6.07) is 41.4. The standard InChI is InChI=1S/C62H48N4O.Pt/c1-62(2,3)48-36-37-63-58(38-48)66-57-40-51(34-35-54(57)59-46-30-28-42-24-26-43(27-25-42)29-31-47(33-32-46)60(59)66)67-50-19-12-18-49(39-50)64-41-65(56-23-11-10-22-55(56)64)61-52(44-14-6-4-7-15-44)20-13-21-53(61)45-16-8-5-9-17-45;/h4-27,32-38H,28-31H2,1-3H3;/q-2;/i4D,5D,6D,7D,8D,9D,14D,15D,16D,17D;. The summed E-state index contributed by atoms with van der Waals surface area (Å²) >= 11 is 0. The van der Waals surface area contributed by atoms with Crippen molar-refractivity contribution >= 4 is 32.8 Å². The van der Waals surface area contributed by atoms with Gasteiger partial charge in [0.15, 0.2) is 0 Å². The van der Waals surface area contributed by atoms with Crippen molar-refractivity contribution in [3.8, 4) is 50.9 Å². The smallest absolute Gasteiger partial charge is 0.268 e. The van der Waals surface area contributed by atoms with Gasteiger partial charge >= 0.3 is 0 Å². The SMILES string of the molecule is [2H]c1c([2H])c([2H])c(-c2cccc(-c3c([2H])c([2H])c([2H])c([2H])c3[2H])c2-[n+]2[c-]n(-c3[c-]c(Oc4[c-]c5c(cc4)c4c6ccc(c4n5-c4cc(C(C)(C)C)ccn4)CCc4ccc(cc4)CC6)ccc3)c3ccccc32)c([2H])c1[2H].[Pt]. The molecule has 4 bridgehead atoms. The van der Waals surface area contributed by atoms with Crippen LogP contribution in [-0.2, 0) is 52.2 Å². The van der Waals surface area contributed by atoms with Crippen molar-refractivity contribution in [3.05, 3.63) is 234 Å². The zero-order chi connectivity index (χ0) is 53.8. The molecule has 3 heterocycles. The molecule has 5 nitrogen and oxygen atoms in total. The molecule has 11 aromatic rings. The number of rotatable bonds is 7. The van der Waals surface area contributed by atoms with Gasteiger partial charge < -0.3 is 13.9 Å². The van der Waals surface area contributed by atoms with Crippen LogP contribution in [0.2, 0.25) is 0 Å². The molecule has 0 amide bonds. The van der Waals surface area contributed by atoms with E-state index in [1.807, 2.05) is 48.7 Å². The summed E-state index contributed by atoms with van der Waals surface area (Å²) in [6.07, 6.45) is 8.78. The van der Waals surface area contributed by atoms with Gasteiger partial charge in [0.25, 0.3) is 6.33 Å². The third-order valence-electron chi connectivity index (χ3n) is 12.8. The van der Waals surface area contributed by atoms with Crippen LogP contribution in [0.1, 0.15) is 62.3 Å². The summed E-state index contributed by atoms with van der Waals surface area (Å²) in [5.41, 5.74) is 9.86. The number of ether oxygens (including phenoxy) is 1. The second-order valence-corrected chi connectivity index (χ2v) is 18.0. The Kier molecular flexibility index (Phi) is 8.65. The number of hydrogen-bond donors (Lipinski definition) is 0. The quantitative estimate of drug-likeness (QED) is 0.118. The molecule has 0 fully saturated rings. The predicted octanol–water partition coefficient (Wildman–Crippen LogP) is 14.1. The largest absolute Gasteiger partial charge is 0.510 e. The van der Waals surface area contributed by atoms with Crippen molar-refractivity contribution in [1.29, 1.82) is 0 Å². The number of imidazole rings is 1. The molecular weight excluding hydrogens is 1010 g/mol. The molecule has 4 aliphatic rings. The minimum atomic E-state index is -0.570. The maximum atomic E-state index is 9.06. The normalized spacial score (nSPS) is 14.6. The van der Waals surface area contributed by atoms with Crippen LogP contribution in [0.4, 0.5) is 0 Å². The maximum absolute atomic E-state index is 9.06. The van der Waals surface area contributed by atoms with E-state index in [9.17, 15) is 0 Å². The number of fused-ring (bicyclic) bond motifs is 2. The first-order valence-electron chi connectivity index (χ1n) is 27.5. The fourth-order valence-corrected chi connectivity index (χ4v) is 9.43. The van der Waals surface area contributed by atoms with E-state index in [0.717, 1.165) is 53.5 Å². The molecule has 0 N–H and O–H groups in total. The predicted molar refractivity (Wildman–Crippen MR) is 271 cm³/mol. The number of nitrogens with zero attached hydrogens (tertiary/aromatic N) is 4. The van der Waals surface area contributed by atoms with Gasteiger partial charge in [0.2, 0.25) is 0 Å². The molecule has 68 heavy (non-hydrogen) atoms. The van der Waals surface area contributed by atoms with Crippen LogP contribution >= 0.6 is 0 Å². The van der Waals surface area contributed by atoms with Crippen LogP contribution < -0.4 is 9.30 Å². The monoisotopic (exact) mass is 1070 g/mol. The van der Waals surface area contributed by atoms with Crippen molar-refractivity contribution in [2.75, 3.05) is 0 Å². The summed E-state index contributed by atoms with van der Waals surface area (Å²) < 4.78 is 99.8. The number of aromatic nitrogens is 4. The molecule has 0 aliphatic heterocycles. The molecule has 0 unspecified atom stereocenters. The van der Waals surface area contributed by atoms with Crippen molar-refractivity contribution in [2.24, 2.45) is 0 Å². The summed E-state index contributed by atoms with van der Waals surface area (Å²) in [4.78, 5) is 5.02. The van der Waals surface area contributed by atoms with E-state index < -0.39 is 60.4 Å². The van der Waals surface area contributed by atoms with E-state index in [4.69, 9.17) is 23.4 Å². The van der Waals surface area contributed by atoms with Crippen LogP contribution in [0, 0.1) is 18.5 Å². The number of hydrogen-bond acceptors (Lipinski definition) is 2. The van der Waals surface area contributed by atoms with Crippen LogP contribution in [0.5, 0.6) is 11.5 Å². The number of pyridine rings is 1. The number of benzene rings is 8. The molecule has 3 aromatic heterocycles. The zero-order valence-corrected chi connectivity index (χ0v) is 39.7. The molecule has 15 rings (SSSR count). The van der Waals surface area contributed by atoms with Gasteiger partial charge in [-0.2, -0.15) is 18.2 Å². The van der Waals surface area contributed by atoms with E-state index in [1.54, 1.807) is 33.4 Å². The molecule has 4 aliphatic carbocycles. The van der Waals surface area contributed by atoms with Gasteiger partial charge in [-0.15, -0.1) is 29.7 Å². The number of para-hydroxylation sites is 3. The van der Waals surface area contributed by atoms with E-state index >= 15 is 0 Å². The average Bonchev–Trinajstić information content (AvgIpc) is 4.07. The van der Waals surface area contributed by atoms with Gasteiger partial charge in [0, 0.05) is 44.3 Å². The zero-order valence-electron chi connectivity index (χ0n) is 47.5. The van der Waals surface area contributed by atoms with E-state index in [2.05, 4.69) is 98.4 Å². The van der Waals surface area contributed by atoms with E-state index in [-0.39, 0.29) is 54.4 Å². The number of aryl methyl sites for hydroxylation is 4. The Hall–Kier alpha value is -7.33. The summed E-state index contributed by atoms with van der Waals surface area (Å²) in [5.74, 6) is 1.61. The van der Waals surface area contributed by atoms with Crippen LogP contribution in [0.15, 0.2) is 188 Å². The molecule has 0 spiro atoms. The topological polar surface area (TPSA) is 35.9 Å². The minimum absolute atomic E-state index is 0. The third-order valence-corrected chi connectivity index (χ3v) is 12.8. The third kappa shape index (κ3) is 7.85. The Labute approximate surface area is 426 Å². The molecule has 0 radical (unpaired) electrons. The molecule has 0 saturated carbocycles. The summed E-state index contributed by atoms with van der Waals surface area (Å²) in [6.45, 7) is 6.60. The van der Waals surface area contributed by atoms with Crippen LogP contribution in [0.25, 0.3) is 72.3 Å². The van der Waals surface area contributed by atoms with Gasteiger partial charge in [-0.1, -0.05) is 166 Å². The van der Waals surface area contributed by atoms with Gasteiger partial charge in [-0.25, -0.2) is 4.98 Å². The Morgan fingerprint density at radius 1 is 0.647 bits per heavy atom. The van der Waals surface area contributed by atoms with Gasteiger partial charge in [0.05, 0.1) is 30.4 Å². The molecule has 6 heteroatoms. The first-order valence-corrected chi connectivity index (χ1v) is 22.5. The fourth-order valence-electron chi connectivity index (χ4n) is 9.43. The maximum Gasteiger partial charge on any atom is 0.268 e. The Bertz CT molecular complexity index is 4110. The second kappa shape index (κ2) is 17.7. The molecule has 0 saturated heterocycles. The first kappa shape index (κ1) is 33.2. The fraction of sp³-hybridized carbons (Fsp3) is 0.129. The van der Waals surface area contributed by atoms with Gasteiger partial charge in [0.1, 0.15) is 5.82 Å². The summed E-state index contributed by atoms with van der Waals surface area (Å²) in [5, 5.41) is 2.22. The van der Waals surface area contributed by atoms with Crippen molar-refractivity contribution < 1.29 is 44.1 Å². The molecule has 8 aromatic carbocycles. The second-order valence-electron chi connectivity index (χ2n) is 18.0. The Morgan fingerprint density at radius 2 is 1.29 bits per heavy atom. The Balaban J connectivity index is 0.00000645. The first-order chi connectivity index (χ1) is 37.0. The molecule has 0 atom stereocenters. The van der Waals surface area contributed by atoms with Crippen LogP contribution in [-0.4, -0.2) is 14.1 Å². The minimum Gasteiger partial charge on any atom is -0.510 e. The van der Waals surface area contributed by atoms with Gasteiger partial charge in [-0.3, -0.25) is 4.57 Å².